The van der Waals surface area contributed by atoms with Crippen LogP contribution in [-0.2, 0) is 13.5 Å². The maximum Gasteiger partial charge on any atom is 0.145 e. The molecule has 1 saturated carbocycles. The van der Waals surface area contributed by atoms with Crippen LogP contribution in [0.3, 0.4) is 0 Å². The summed E-state index contributed by atoms with van der Waals surface area (Å²) < 4.78 is 4.35. The Morgan fingerprint density at radius 3 is 3.00 bits per heavy atom. The van der Waals surface area contributed by atoms with Gasteiger partial charge in [0, 0.05) is 19.3 Å². The van der Waals surface area contributed by atoms with Crippen LogP contribution in [0.25, 0.3) is 22.1 Å². The average Bonchev–Trinajstić information content (AvgIpc) is 3.34. The summed E-state index contributed by atoms with van der Waals surface area (Å²) in [7, 11) is 2.04. The Labute approximate surface area is 151 Å². The molecule has 0 bridgehead atoms. The van der Waals surface area contributed by atoms with Crippen LogP contribution in [0, 0.1) is 5.92 Å². The lowest BCUT2D eigenvalue weighted by Crippen LogP contribution is -2.07. The first kappa shape index (κ1) is 15.4. The molecule has 2 N–H and O–H groups in total. The Kier molecular flexibility index (Phi) is 3.45. The number of hydrogen-bond donors (Lipinski definition) is 1. The minimum atomic E-state index is 0.491. The van der Waals surface area contributed by atoms with Crippen molar-refractivity contribution in [2.45, 2.75) is 31.7 Å². The number of imidazole rings is 1. The number of hydrogen-bond acceptors (Lipinski definition) is 4. The van der Waals surface area contributed by atoms with E-state index in [1.807, 2.05) is 19.4 Å². The molecular formula is C20H22N6. The summed E-state index contributed by atoms with van der Waals surface area (Å²) >= 11 is 0. The van der Waals surface area contributed by atoms with Gasteiger partial charge in [-0.05, 0) is 55.4 Å². The summed E-state index contributed by atoms with van der Waals surface area (Å²) in [6, 6.07) is 9.19. The van der Waals surface area contributed by atoms with Crippen LogP contribution >= 0.6 is 0 Å². The highest BCUT2D eigenvalue weighted by Crippen LogP contribution is 2.38. The second kappa shape index (κ2) is 5.83. The van der Waals surface area contributed by atoms with E-state index >= 15 is 0 Å². The van der Waals surface area contributed by atoms with Gasteiger partial charge >= 0.3 is 0 Å². The first-order valence-electron chi connectivity index (χ1n) is 9.16. The van der Waals surface area contributed by atoms with E-state index in [0.717, 1.165) is 23.0 Å². The minimum absolute atomic E-state index is 0.491. The van der Waals surface area contributed by atoms with Crippen LogP contribution in [-0.4, -0.2) is 24.1 Å². The average molecular weight is 346 g/mol. The van der Waals surface area contributed by atoms with Crippen molar-refractivity contribution in [1.82, 2.24) is 24.1 Å². The fraction of sp³-hybridized carbons (Fsp3) is 0.350. The minimum Gasteiger partial charge on any atom is -0.383 e. The quantitative estimate of drug-likeness (QED) is 0.616. The number of aromatic nitrogens is 5. The fourth-order valence-corrected chi connectivity index (χ4v) is 4.41. The van der Waals surface area contributed by atoms with E-state index in [-0.39, 0.29) is 0 Å². The van der Waals surface area contributed by atoms with Crippen molar-refractivity contribution in [3.05, 3.63) is 48.7 Å². The normalized spacial score (nSPS) is 20.3. The molecule has 5 rings (SSSR count). The van der Waals surface area contributed by atoms with Gasteiger partial charge in [-0.15, -0.1) is 0 Å². The van der Waals surface area contributed by atoms with Crippen LogP contribution in [0.4, 0.5) is 5.82 Å². The molecule has 26 heavy (non-hydrogen) atoms. The molecule has 2 atom stereocenters. The van der Waals surface area contributed by atoms with Crippen LogP contribution in [0.5, 0.6) is 0 Å². The zero-order valence-electron chi connectivity index (χ0n) is 14.8. The van der Waals surface area contributed by atoms with Gasteiger partial charge in [-0.25, -0.2) is 15.0 Å². The monoisotopic (exact) mass is 346 g/mol. The predicted molar refractivity (Wildman–Crippen MR) is 103 cm³/mol. The van der Waals surface area contributed by atoms with Gasteiger partial charge in [-0.2, -0.15) is 0 Å². The van der Waals surface area contributed by atoms with Crippen molar-refractivity contribution in [3.8, 4) is 0 Å². The van der Waals surface area contributed by atoms with Crippen molar-refractivity contribution < 1.29 is 0 Å². The Bertz CT molecular complexity index is 1090. The molecule has 1 fully saturated rings. The molecule has 1 aromatic carbocycles. The van der Waals surface area contributed by atoms with E-state index in [1.165, 1.54) is 30.3 Å². The Balaban J connectivity index is 1.35. The number of rotatable bonds is 3. The first-order chi connectivity index (χ1) is 12.7. The second-order valence-corrected chi connectivity index (χ2v) is 7.43. The summed E-state index contributed by atoms with van der Waals surface area (Å²) in [6.07, 6.45) is 10.3. The van der Waals surface area contributed by atoms with E-state index in [2.05, 4.69) is 48.5 Å². The van der Waals surface area contributed by atoms with Crippen LogP contribution in [0.2, 0.25) is 0 Å². The van der Waals surface area contributed by atoms with Crippen LogP contribution < -0.4 is 5.73 Å². The lowest BCUT2D eigenvalue weighted by molar-refractivity contribution is 0.483. The maximum atomic E-state index is 5.97. The highest BCUT2D eigenvalue weighted by Gasteiger charge is 2.27. The highest BCUT2D eigenvalue weighted by atomic mass is 15.1. The lowest BCUT2D eigenvalue weighted by Gasteiger charge is -2.14. The third-order valence-electron chi connectivity index (χ3n) is 5.76. The van der Waals surface area contributed by atoms with Gasteiger partial charge < -0.3 is 14.9 Å². The van der Waals surface area contributed by atoms with E-state index < -0.39 is 0 Å². The molecule has 6 heteroatoms. The van der Waals surface area contributed by atoms with E-state index in [0.29, 0.717) is 17.8 Å². The highest BCUT2D eigenvalue weighted by molar-refractivity contribution is 5.86. The van der Waals surface area contributed by atoms with Gasteiger partial charge in [0.2, 0.25) is 0 Å². The van der Waals surface area contributed by atoms with Crippen molar-refractivity contribution >= 4 is 27.9 Å². The molecule has 6 nitrogen and oxygen atoms in total. The topological polar surface area (TPSA) is 74.5 Å². The zero-order chi connectivity index (χ0) is 17.7. The molecule has 3 aromatic heterocycles. The maximum absolute atomic E-state index is 5.97. The molecule has 0 amide bonds. The van der Waals surface area contributed by atoms with Crippen molar-refractivity contribution in [2.24, 2.45) is 13.0 Å². The molecule has 0 saturated heterocycles. The predicted octanol–water partition coefficient (Wildman–Crippen LogP) is 3.48. The molecule has 1 aliphatic carbocycles. The molecule has 0 radical (unpaired) electrons. The third-order valence-corrected chi connectivity index (χ3v) is 5.76. The number of anilines is 1. The Morgan fingerprint density at radius 1 is 1.15 bits per heavy atom. The molecule has 0 spiro atoms. The van der Waals surface area contributed by atoms with Crippen LogP contribution in [0.15, 0.2) is 43.1 Å². The number of aryl methyl sites for hydroxylation is 1. The third kappa shape index (κ3) is 2.44. The largest absolute Gasteiger partial charge is 0.383 e. The number of nitrogens with two attached hydrogens (primary N) is 1. The van der Waals surface area contributed by atoms with Gasteiger partial charge in [-0.1, -0.05) is 6.07 Å². The second-order valence-electron chi connectivity index (χ2n) is 7.43. The fourth-order valence-electron chi connectivity index (χ4n) is 4.41. The molecule has 4 aromatic rings. The SMILES string of the molecule is Cn1cnc2cc(CC3CCC(n4ccc5c(N)ncnc54)C3)ccc21. The molecular weight excluding hydrogens is 324 g/mol. The molecule has 1 aliphatic rings. The van der Waals surface area contributed by atoms with E-state index in [9.17, 15) is 0 Å². The van der Waals surface area contributed by atoms with Gasteiger partial charge in [0.25, 0.3) is 0 Å². The van der Waals surface area contributed by atoms with Gasteiger partial charge in [-0.3, -0.25) is 0 Å². The molecule has 132 valence electrons. The number of fused-ring (bicyclic) bond motifs is 2. The standard InChI is InChI=1S/C20H22N6/c1-25-12-24-17-10-14(3-5-18(17)25)8-13-2-4-15(9-13)26-7-6-16-19(21)22-11-23-20(16)26/h3,5-7,10-13,15H,2,4,8-9H2,1H3,(H2,21,22,23). The Hall–Kier alpha value is -2.89. The van der Waals surface area contributed by atoms with E-state index in [1.54, 1.807) is 6.33 Å². The number of benzene rings is 1. The molecule has 0 aliphatic heterocycles. The van der Waals surface area contributed by atoms with Crippen molar-refractivity contribution in [2.75, 3.05) is 5.73 Å². The summed E-state index contributed by atoms with van der Waals surface area (Å²) in [6.45, 7) is 0. The van der Waals surface area contributed by atoms with Gasteiger partial charge in [0.05, 0.1) is 22.7 Å². The summed E-state index contributed by atoms with van der Waals surface area (Å²) in [5, 5.41) is 0.955. The zero-order valence-corrected chi connectivity index (χ0v) is 14.8. The van der Waals surface area contributed by atoms with E-state index in [4.69, 9.17) is 5.73 Å². The summed E-state index contributed by atoms with van der Waals surface area (Å²) in [5.41, 5.74) is 10.6. The summed E-state index contributed by atoms with van der Waals surface area (Å²) in [5.74, 6) is 1.25. The van der Waals surface area contributed by atoms with Gasteiger partial charge in [0.15, 0.2) is 0 Å². The van der Waals surface area contributed by atoms with Gasteiger partial charge in [0.1, 0.15) is 17.8 Å². The molecule has 2 unspecified atom stereocenters. The first-order valence-corrected chi connectivity index (χ1v) is 9.16. The Morgan fingerprint density at radius 2 is 2.08 bits per heavy atom. The lowest BCUT2D eigenvalue weighted by atomic mass is 9.97. The smallest absolute Gasteiger partial charge is 0.145 e. The van der Waals surface area contributed by atoms with Crippen molar-refractivity contribution in [1.29, 1.82) is 0 Å². The molecule has 3 heterocycles. The summed E-state index contributed by atoms with van der Waals surface area (Å²) in [4.78, 5) is 13.0. The van der Waals surface area contributed by atoms with Crippen LogP contribution in [0.1, 0.15) is 30.9 Å². The number of nitrogen functional groups attached to an aromatic ring is 1. The number of nitrogens with zero attached hydrogens (tertiary/aromatic N) is 5. The van der Waals surface area contributed by atoms with Crippen molar-refractivity contribution in [3.63, 3.8) is 0 Å².